The summed E-state index contributed by atoms with van der Waals surface area (Å²) < 4.78 is 0. The lowest BCUT2D eigenvalue weighted by atomic mass is 9.87. The van der Waals surface area contributed by atoms with E-state index >= 15 is 0 Å². The van der Waals surface area contributed by atoms with E-state index in [0.29, 0.717) is 0 Å². The van der Waals surface area contributed by atoms with Gasteiger partial charge in [-0.25, -0.2) is 4.98 Å². The Labute approximate surface area is 280 Å². The fraction of sp³-hybridized carbons (Fsp3) is 0.122. The maximum atomic E-state index is 4.96. The Kier molecular flexibility index (Phi) is 7.30. The predicted octanol–water partition coefficient (Wildman–Crippen LogP) is 10.8. The summed E-state index contributed by atoms with van der Waals surface area (Å²) in [6.45, 7) is 7.52. The van der Waals surface area contributed by atoms with Gasteiger partial charge in [0, 0.05) is 63.3 Å². The van der Waals surface area contributed by atoms with Crippen molar-refractivity contribution >= 4 is 40.3 Å². The summed E-state index contributed by atoms with van der Waals surface area (Å²) in [5, 5.41) is 0. The smallest absolute Gasteiger partial charge is 0.137 e. The van der Waals surface area contributed by atoms with E-state index in [4.69, 9.17) is 4.98 Å². The molecule has 0 saturated heterocycles. The van der Waals surface area contributed by atoms with Crippen molar-refractivity contribution in [2.75, 3.05) is 21.4 Å². The molecule has 0 radical (unpaired) electrons. The Bertz CT molecular complexity index is 2120. The minimum Gasteiger partial charge on any atom is -0.328 e. The first kappa shape index (κ1) is 29.1. The number of nitrogens with zero attached hydrogens (tertiary/aromatic N) is 5. The quantitative estimate of drug-likeness (QED) is 0.189. The van der Waals surface area contributed by atoms with Crippen LogP contribution >= 0.6 is 11.8 Å². The van der Waals surface area contributed by atoms with Gasteiger partial charge in [-0.1, -0.05) is 87.1 Å². The number of anilines is 5. The third kappa shape index (κ3) is 5.55. The minimum absolute atomic E-state index is 0.0121. The normalized spacial score (nSPS) is 13.6. The number of fused-ring (bicyclic) bond motifs is 5. The Balaban J connectivity index is 1.19. The van der Waals surface area contributed by atoms with E-state index in [9.17, 15) is 0 Å². The van der Waals surface area contributed by atoms with E-state index in [1.165, 1.54) is 38.5 Å². The van der Waals surface area contributed by atoms with E-state index in [2.05, 4.69) is 168 Å². The number of hydrogen-bond acceptors (Lipinski definition) is 6. The van der Waals surface area contributed by atoms with Gasteiger partial charge < -0.3 is 9.80 Å². The second-order valence-electron chi connectivity index (χ2n) is 12.9. The molecule has 0 N–H and O–H groups in total. The molecule has 2 aromatic heterocycles. The van der Waals surface area contributed by atoms with E-state index < -0.39 is 0 Å². The van der Waals surface area contributed by atoms with Crippen LogP contribution in [0.3, 0.4) is 0 Å². The Morgan fingerprint density at radius 2 is 1.32 bits per heavy atom. The number of hydrogen-bond donors (Lipinski definition) is 0. The molecular formula is C41H35N5S. The van der Waals surface area contributed by atoms with Gasteiger partial charge in [-0.15, -0.1) is 0 Å². The van der Waals surface area contributed by atoms with E-state index in [1.807, 2.05) is 18.6 Å². The van der Waals surface area contributed by atoms with Crippen LogP contribution in [-0.4, -0.2) is 16.6 Å². The second kappa shape index (κ2) is 11.8. The fourth-order valence-electron chi connectivity index (χ4n) is 6.35. The Hall–Kier alpha value is -5.33. The third-order valence-corrected chi connectivity index (χ3v) is 9.78. The van der Waals surface area contributed by atoms with Crippen LogP contribution < -0.4 is 14.7 Å². The van der Waals surface area contributed by atoms with Crippen molar-refractivity contribution in [3.63, 3.8) is 0 Å². The molecule has 4 aromatic carbocycles. The van der Waals surface area contributed by atoms with Crippen LogP contribution in [-0.2, 0) is 5.41 Å². The van der Waals surface area contributed by atoms with Gasteiger partial charge in [-0.05, 0) is 82.8 Å². The number of para-hydroxylation sites is 1. The van der Waals surface area contributed by atoms with Crippen LogP contribution in [0, 0.1) is 0 Å². The zero-order valence-electron chi connectivity index (χ0n) is 26.7. The molecule has 0 fully saturated rings. The van der Waals surface area contributed by atoms with Crippen LogP contribution in [0.1, 0.15) is 26.3 Å². The molecule has 0 aliphatic carbocycles. The summed E-state index contributed by atoms with van der Waals surface area (Å²) in [7, 11) is 0. The number of pyridine rings is 2. The van der Waals surface area contributed by atoms with E-state index in [-0.39, 0.29) is 5.41 Å². The van der Waals surface area contributed by atoms with Crippen LogP contribution in [0.15, 0.2) is 156 Å². The summed E-state index contributed by atoms with van der Waals surface area (Å²) >= 11 is 1.78. The average Bonchev–Trinajstić information content (AvgIpc) is 3.56. The van der Waals surface area contributed by atoms with Crippen LogP contribution in [0.4, 0.5) is 28.6 Å². The molecule has 47 heavy (non-hydrogen) atoms. The zero-order chi connectivity index (χ0) is 32.0. The van der Waals surface area contributed by atoms with Gasteiger partial charge in [-0.2, -0.15) is 0 Å². The first-order valence-electron chi connectivity index (χ1n) is 15.9. The maximum absolute atomic E-state index is 4.96. The highest BCUT2D eigenvalue weighted by molar-refractivity contribution is 7.99. The molecule has 0 amide bonds. The van der Waals surface area contributed by atoms with Crippen LogP contribution in [0.25, 0.3) is 22.3 Å². The average molecular weight is 630 g/mol. The van der Waals surface area contributed by atoms with Gasteiger partial charge in [0.2, 0.25) is 0 Å². The largest absolute Gasteiger partial charge is 0.328 e. The van der Waals surface area contributed by atoms with Crippen molar-refractivity contribution < 1.29 is 0 Å². The second-order valence-corrected chi connectivity index (χ2v) is 14.1. The van der Waals surface area contributed by atoms with Crippen molar-refractivity contribution in [2.24, 2.45) is 0 Å². The van der Waals surface area contributed by atoms with Gasteiger partial charge in [0.25, 0.3) is 0 Å². The molecular weight excluding hydrogens is 595 g/mol. The first-order chi connectivity index (χ1) is 22.9. The molecule has 230 valence electrons. The highest BCUT2D eigenvalue weighted by Gasteiger charge is 2.28. The lowest BCUT2D eigenvalue weighted by Gasteiger charge is -2.28. The first-order valence-corrected chi connectivity index (χ1v) is 16.7. The van der Waals surface area contributed by atoms with Crippen molar-refractivity contribution in [1.82, 2.24) is 9.97 Å². The molecule has 2 aliphatic heterocycles. The van der Waals surface area contributed by atoms with E-state index in [0.717, 1.165) is 34.3 Å². The standard InChI is InChI=1S/C41H35N5S/c1-41(2,3)29-18-21-43-40(24-29)46-38-19-20-42-27-37(38)35-15-8-7-14-34(35)36-17-16-33(26-39(36)46)47-32-13-9-12-31(25-32)45-23-22-44(28-45)30-10-5-4-6-11-30/h4-27H,28H2,1-3H3. The summed E-state index contributed by atoms with van der Waals surface area (Å²) in [5.41, 5.74) is 10.4. The van der Waals surface area contributed by atoms with Crippen molar-refractivity contribution in [3.8, 4) is 22.3 Å². The fourth-order valence-corrected chi connectivity index (χ4v) is 7.26. The number of benzene rings is 4. The summed E-state index contributed by atoms with van der Waals surface area (Å²) in [6.07, 6.45) is 10.1. The molecule has 6 aromatic rings. The molecule has 4 heterocycles. The summed E-state index contributed by atoms with van der Waals surface area (Å²) in [4.78, 5) is 18.7. The number of rotatable bonds is 5. The summed E-state index contributed by atoms with van der Waals surface area (Å²) in [6, 6.07) is 41.2. The molecule has 2 aliphatic rings. The SMILES string of the molecule is CC(C)(C)c1ccnc(N2c3ccncc3-c3ccccc3-c3ccc(Sc4cccc(N5C=CN(c6ccccc6)C5)c4)cc32)c1. The molecule has 0 saturated carbocycles. The Morgan fingerprint density at radius 3 is 2.13 bits per heavy atom. The van der Waals surface area contributed by atoms with Gasteiger partial charge in [-0.3, -0.25) is 9.88 Å². The third-order valence-electron chi connectivity index (χ3n) is 8.80. The number of aromatic nitrogens is 2. The van der Waals surface area contributed by atoms with Gasteiger partial charge >= 0.3 is 0 Å². The lowest BCUT2D eigenvalue weighted by Crippen LogP contribution is -2.24. The highest BCUT2D eigenvalue weighted by atomic mass is 32.2. The lowest BCUT2D eigenvalue weighted by molar-refractivity contribution is 0.589. The zero-order valence-corrected chi connectivity index (χ0v) is 27.5. The monoisotopic (exact) mass is 629 g/mol. The molecule has 0 atom stereocenters. The van der Waals surface area contributed by atoms with Gasteiger partial charge in [0.05, 0.1) is 18.0 Å². The van der Waals surface area contributed by atoms with Crippen molar-refractivity contribution in [1.29, 1.82) is 0 Å². The topological polar surface area (TPSA) is 35.5 Å². The minimum atomic E-state index is -0.0121. The molecule has 6 heteroatoms. The van der Waals surface area contributed by atoms with Crippen LogP contribution in [0.5, 0.6) is 0 Å². The van der Waals surface area contributed by atoms with Crippen molar-refractivity contribution in [2.45, 2.75) is 36.0 Å². The molecule has 0 spiro atoms. The Morgan fingerprint density at radius 1 is 0.596 bits per heavy atom. The van der Waals surface area contributed by atoms with Gasteiger partial charge in [0.15, 0.2) is 0 Å². The van der Waals surface area contributed by atoms with Gasteiger partial charge in [0.1, 0.15) is 5.82 Å². The maximum Gasteiger partial charge on any atom is 0.137 e. The highest BCUT2D eigenvalue weighted by Crippen LogP contribution is 2.51. The predicted molar refractivity (Wildman–Crippen MR) is 196 cm³/mol. The van der Waals surface area contributed by atoms with E-state index in [1.54, 1.807) is 11.8 Å². The summed E-state index contributed by atoms with van der Waals surface area (Å²) in [5.74, 6) is 0.895. The molecule has 8 rings (SSSR count). The van der Waals surface area contributed by atoms with Crippen molar-refractivity contribution in [3.05, 3.63) is 152 Å². The molecule has 0 bridgehead atoms. The van der Waals surface area contributed by atoms with Crippen LogP contribution in [0.2, 0.25) is 0 Å². The molecule has 0 unspecified atom stereocenters. The molecule has 5 nitrogen and oxygen atoms in total.